The number of aromatic nitrogens is 1. The van der Waals surface area contributed by atoms with Crippen LogP contribution in [0.5, 0.6) is 0 Å². The minimum Gasteiger partial charge on any atom is -0.396 e. The van der Waals surface area contributed by atoms with Crippen LogP contribution in [0.2, 0.25) is 0 Å². The first-order chi connectivity index (χ1) is 9.11. The van der Waals surface area contributed by atoms with Crippen molar-refractivity contribution in [3.8, 4) is 0 Å². The molecule has 6 nitrogen and oxygen atoms in total. The van der Waals surface area contributed by atoms with Crippen molar-refractivity contribution in [3.05, 3.63) is 26.9 Å². The van der Waals surface area contributed by atoms with Gasteiger partial charge in [0.2, 0.25) is 5.82 Å². The highest BCUT2D eigenvalue weighted by molar-refractivity contribution is 9.10. The average Bonchev–Trinajstić information content (AvgIpc) is 2.79. The van der Waals surface area contributed by atoms with Gasteiger partial charge in [-0.15, -0.1) is 0 Å². The van der Waals surface area contributed by atoms with Crippen LogP contribution >= 0.6 is 15.9 Å². The van der Waals surface area contributed by atoms with Crippen LogP contribution in [0.15, 0.2) is 16.7 Å². The predicted octanol–water partition coefficient (Wildman–Crippen LogP) is 2.72. The van der Waals surface area contributed by atoms with E-state index >= 15 is 0 Å². The van der Waals surface area contributed by atoms with Gasteiger partial charge in [0.1, 0.15) is 0 Å². The molecular weight excluding hydrogens is 314 g/mol. The molecule has 1 heterocycles. The summed E-state index contributed by atoms with van der Waals surface area (Å²) in [4.78, 5) is 14.7. The highest BCUT2D eigenvalue weighted by Crippen LogP contribution is 2.33. The van der Waals surface area contributed by atoms with Gasteiger partial charge in [-0.25, -0.2) is 4.98 Å². The summed E-state index contributed by atoms with van der Waals surface area (Å²) in [6, 6.07) is 1.60. The molecule has 1 aliphatic rings. The number of pyridine rings is 1. The van der Waals surface area contributed by atoms with Gasteiger partial charge in [-0.05, 0) is 41.1 Å². The van der Waals surface area contributed by atoms with Gasteiger partial charge in [0.25, 0.3) is 0 Å². The Kier molecular flexibility index (Phi) is 4.71. The van der Waals surface area contributed by atoms with Gasteiger partial charge in [-0.2, -0.15) is 0 Å². The van der Waals surface area contributed by atoms with Gasteiger partial charge >= 0.3 is 5.69 Å². The van der Waals surface area contributed by atoms with Crippen molar-refractivity contribution in [1.82, 2.24) is 4.98 Å². The van der Waals surface area contributed by atoms with Gasteiger partial charge in [-0.1, -0.05) is 6.42 Å². The Labute approximate surface area is 119 Å². The molecule has 1 fully saturated rings. The molecule has 0 spiro atoms. The van der Waals surface area contributed by atoms with Crippen molar-refractivity contribution < 1.29 is 10.0 Å². The lowest BCUT2D eigenvalue weighted by Crippen LogP contribution is -2.25. The van der Waals surface area contributed by atoms with Crippen LogP contribution in [0.4, 0.5) is 11.5 Å². The van der Waals surface area contributed by atoms with Crippen LogP contribution < -0.4 is 5.32 Å². The summed E-state index contributed by atoms with van der Waals surface area (Å²) in [5, 5.41) is 23.2. The van der Waals surface area contributed by atoms with Crippen molar-refractivity contribution in [2.45, 2.75) is 31.7 Å². The lowest BCUT2D eigenvalue weighted by atomic mass is 10.00. The maximum atomic E-state index is 11.0. The normalized spacial score (nSPS) is 22.4. The lowest BCUT2D eigenvalue weighted by molar-refractivity contribution is -0.384. The maximum absolute atomic E-state index is 11.0. The number of aliphatic hydroxyl groups is 1. The van der Waals surface area contributed by atoms with E-state index in [1.807, 2.05) is 0 Å². The van der Waals surface area contributed by atoms with Gasteiger partial charge in [0, 0.05) is 29.4 Å². The minimum atomic E-state index is -0.434. The first kappa shape index (κ1) is 14.2. The van der Waals surface area contributed by atoms with Gasteiger partial charge < -0.3 is 10.4 Å². The van der Waals surface area contributed by atoms with E-state index in [-0.39, 0.29) is 18.3 Å². The Morgan fingerprint density at radius 1 is 1.58 bits per heavy atom. The molecule has 1 aromatic rings. The fourth-order valence-electron chi connectivity index (χ4n) is 2.59. The zero-order chi connectivity index (χ0) is 13.8. The molecular formula is C12H16BrN3O3. The van der Waals surface area contributed by atoms with E-state index in [2.05, 4.69) is 26.2 Å². The lowest BCUT2D eigenvalue weighted by Gasteiger charge is -2.20. The second-order valence-corrected chi connectivity index (χ2v) is 5.65. The fraction of sp³-hybridized carbons (Fsp3) is 0.583. The number of aliphatic hydroxyl groups excluding tert-OH is 1. The van der Waals surface area contributed by atoms with E-state index in [9.17, 15) is 10.1 Å². The molecule has 19 heavy (non-hydrogen) atoms. The minimum absolute atomic E-state index is 0.0241. The molecule has 2 atom stereocenters. The number of hydrogen-bond donors (Lipinski definition) is 2. The first-order valence-corrected chi connectivity index (χ1v) is 7.08. The number of nitrogens with zero attached hydrogens (tertiary/aromatic N) is 2. The smallest absolute Gasteiger partial charge is 0.312 e. The SMILES string of the molecule is O=[N+]([O-])c1cc(Br)cnc1NC1CCCC1CCO. The maximum Gasteiger partial charge on any atom is 0.312 e. The molecule has 1 saturated carbocycles. The molecule has 0 bridgehead atoms. The van der Waals surface area contributed by atoms with Crippen molar-refractivity contribution in [3.63, 3.8) is 0 Å². The molecule has 1 aliphatic carbocycles. The summed E-state index contributed by atoms with van der Waals surface area (Å²) >= 11 is 3.19. The average molecular weight is 330 g/mol. The summed E-state index contributed by atoms with van der Waals surface area (Å²) in [6.07, 6.45) is 5.35. The largest absolute Gasteiger partial charge is 0.396 e. The number of nitrogens with one attached hydrogen (secondary N) is 1. The van der Waals surface area contributed by atoms with E-state index in [0.29, 0.717) is 16.2 Å². The zero-order valence-electron chi connectivity index (χ0n) is 10.4. The number of nitro groups is 1. The van der Waals surface area contributed by atoms with Crippen molar-refractivity contribution >= 4 is 27.4 Å². The number of rotatable bonds is 5. The molecule has 2 N–H and O–H groups in total. The highest BCUT2D eigenvalue weighted by atomic mass is 79.9. The number of hydrogen-bond acceptors (Lipinski definition) is 5. The van der Waals surface area contributed by atoms with Crippen LogP contribution in [0.1, 0.15) is 25.7 Å². The van der Waals surface area contributed by atoms with E-state index in [1.165, 1.54) is 6.07 Å². The van der Waals surface area contributed by atoms with Crippen LogP contribution in [0.25, 0.3) is 0 Å². The highest BCUT2D eigenvalue weighted by Gasteiger charge is 2.29. The summed E-state index contributed by atoms with van der Waals surface area (Å²) in [5.41, 5.74) is -0.0241. The monoisotopic (exact) mass is 329 g/mol. The molecule has 0 amide bonds. The van der Waals surface area contributed by atoms with Crippen molar-refractivity contribution in [1.29, 1.82) is 0 Å². The molecule has 2 unspecified atom stereocenters. The third-order valence-corrected chi connectivity index (χ3v) is 3.95. The van der Waals surface area contributed by atoms with Crippen LogP contribution in [-0.2, 0) is 0 Å². The van der Waals surface area contributed by atoms with E-state index in [1.54, 1.807) is 6.20 Å². The summed E-state index contributed by atoms with van der Waals surface area (Å²) in [6.45, 7) is 0.151. The third-order valence-electron chi connectivity index (χ3n) is 3.51. The van der Waals surface area contributed by atoms with Crippen molar-refractivity contribution in [2.24, 2.45) is 5.92 Å². The zero-order valence-corrected chi connectivity index (χ0v) is 12.0. The molecule has 7 heteroatoms. The van der Waals surface area contributed by atoms with Crippen LogP contribution in [0, 0.1) is 16.0 Å². The number of halogens is 1. The molecule has 0 aromatic carbocycles. The number of anilines is 1. The van der Waals surface area contributed by atoms with Gasteiger partial charge in [-0.3, -0.25) is 10.1 Å². The molecule has 1 aromatic heterocycles. The molecule has 0 saturated heterocycles. The second-order valence-electron chi connectivity index (χ2n) is 4.73. The summed E-state index contributed by atoms with van der Waals surface area (Å²) in [5.74, 6) is 0.665. The van der Waals surface area contributed by atoms with E-state index < -0.39 is 4.92 Å². The Balaban J connectivity index is 2.16. The Bertz CT molecular complexity index is 470. The van der Waals surface area contributed by atoms with Crippen LogP contribution in [0.3, 0.4) is 0 Å². The standard InChI is InChI=1S/C12H16BrN3O3/c13-9-6-11(16(18)19)12(14-7-9)15-10-3-1-2-8(10)4-5-17/h6-8,10,17H,1-5H2,(H,14,15). The quantitative estimate of drug-likeness (QED) is 0.640. The Morgan fingerprint density at radius 3 is 3.05 bits per heavy atom. The van der Waals surface area contributed by atoms with Gasteiger partial charge in [0.15, 0.2) is 0 Å². The van der Waals surface area contributed by atoms with E-state index in [4.69, 9.17) is 5.11 Å². The molecule has 0 aliphatic heterocycles. The topological polar surface area (TPSA) is 88.3 Å². The predicted molar refractivity (Wildman–Crippen MR) is 75.0 cm³/mol. The van der Waals surface area contributed by atoms with Crippen LogP contribution in [-0.4, -0.2) is 27.7 Å². The fourth-order valence-corrected chi connectivity index (χ4v) is 2.91. The molecule has 0 radical (unpaired) electrons. The third kappa shape index (κ3) is 3.42. The molecule has 2 rings (SSSR count). The Morgan fingerprint density at radius 2 is 2.37 bits per heavy atom. The summed E-state index contributed by atoms with van der Waals surface area (Å²) < 4.78 is 0.586. The second kappa shape index (κ2) is 6.29. The van der Waals surface area contributed by atoms with E-state index in [0.717, 1.165) is 25.7 Å². The first-order valence-electron chi connectivity index (χ1n) is 6.29. The molecule has 104 valence electrons. The summed E-state index contributed by atoms with van der Waals surface area (Å²) in [7, 11) is 0. The van der Waals surface area contributed by atoms with Gasteiger partial charge in [0.05, 0.1) is 4.92 Å². The van der Waals surface area contributed by atoms with Crippen molar-refractivity contribution in [2.75, 3.05) is 11.9 Å². The Hall–Kier alpha value is -1.21.